The van der Waals surface area contributed by atoms with Crippen LogP contribution in [0, 0.1) is 6.92 Å². The first-order valence-electron chi connectivity index (χ1n) is 7.23. The highest BCUT2D eigenvalue weighted by Gasteiger charge is 2.21. The Morgan fingerprint density at radius 3 is 2.67 bits per heavy atom. The molecule has 0 bridgehead atoms. The molecule has 24 heavy (non-hydrogen) atoms. The average molecular weight is 347 g/mol. The van der Waals surface area contributed by atoms with Gasteiger partial charge in [-0.2, -0.15) is 0 Å². The molecule has 7 heteroatoms. The predicted molar refractivity (Wildman–Crippen MR) is 91.0 cm³/mol. The van der Waals surface area contributed by atoms with Crippen molar-refractivity contribution in [3.63, 3.8) is 0 Å². The van der Waals surface area contributed by atoms with Gasteiger partial charge in [0.1, 0.15) is 0 Å². The molecule has 1 aliphatic rings. The van der Waals surface area contributed by atoms with E-state index in [4.69, 9.17) is 21.1 Å². The van der Waals surface area contributed by atoms with Gasteiger partial charge in [-0.1, -0.05) is 17.7 Å². The van der Waals surface area contributed by atoms with Gasteiger partial charge in [0.15, 0.2) is 11.5 Å². The van der Waals surface area contributed by atoms with Crippen molar-refractivity contribution in [1.82, 2.24) is 0 Å². The molecule has 0 spiro atoms. The lowest BCUT2D eigenvalue weighted by atomic mass is 10.1. The van der Waals surface area contributed by atoms with Gasteiger partial charge in [0.05, 0.1) is 5.02 Å². The molecule has 0 fully saturated rings. The number of anilines is 2. The molecular weight excluding hydrogens is 332 g/mol. The summed E-state index contributed by atoms with van der Waals surface area (Å²) in [5.41, 5.74) is 2.42. The Balaban J connectivity index is 1.85. The van der Waals surface area contributed by atoms with Gasteiger partial charge in [-0.25, -0.2) is 0 Å². The fraction of sp³-hybridized carbons (Fsp3) is 0.176. The zero-order valence-corrected chi connectivity index (χ0v) is 13.9. The first-order valence-corrected chi connectivity index (χ1v) is 7.60. The van der Waals surface area contributed by atoms with E-state index in [9.17, 15) is 9.59 Å². The molecule has 0 atom stereocenters. The molecule has 0 saturated heterocycles. The van der Waals surface area contributed by atoms with Crippen LogP contribution in [0.5, 0.6) is 11.5 Å². The third-order valence-electron chi connectivity index (χ3n) is 3.50. The molecule has 2 aromatic rings. The number of aryl methyl sites for hydroxylation is 1. The standard InChI is InChI=1S/C17H15ClN2O4/c1-9-3-4-12(19-10(2)21)7-14(9)20-17(22)11-5-13(18)16-15(6-11)23-8-24-16/h3-7H,8H2,1-2H3,(H,19,21)(H,20,22). The van der Waals surface area contributed by atoms with E-state index >= 15 is 0 Å². The van der Waals surface area contributed by atoms with E-state index in [2.05, 4.69) is 10.6 Å². The van der Waals surface area contributed by atoms with Crippen LogP contribution < -0.4 is 20.1 Å². The lowest BCUT2D eigenvalue weighted by molar-refractivity contribution is -0.114. The molecule has 0 saturated carbocycles. The second-order valence-electron chi connectivity index (χ2n) is 5.36. The van der Waals surface area contributed by atoms with Gasteiger partial charge >= 0.3 is 0 Å². The van der Waals surface area contributed by atoms with Crippen molar-refractivity contribution in [2.24, 2.45) is 0 Å². The van der Waals surface area contributed by atoms with E-state index in [-0.39, 0.29) is 18.6 Å². The van der Waals surface area contributed by atoms with Crippen molar-refractivity contribution in [2.75, 3.05) is 17.4 Å². The van der Waals surface area contributed by atoms with Gasteiger partial charge in [-0.05, 0) is 36.8 Å². The molecule has 6 nitrogen and oxygen atoms in total. The lowest BCUT2D eigenvalue weighted by Crippen LogP contribution is -2.13. The molecule has 1 heterocycles. The van der Waals surface area contributed by atoms with Crippen LogP contribution >= 0.6 is 11.6 Å². The Hall–Kier alpha value is -2.73. The summed E-state index contributed by atoms with van der Waals surface area (Å²) in [6.07, 6.45) is 0. The summed E-state index contributed by atoms with van der Waals surface area (Å²) in [7, 11) is 0. The zero-order chi connectivity index (χ0) is 17.3. The van der Waals surface area contributed by atoms with E-state index in [0.29, 0.717) is 33.5 Å². The number of nitrogens with one attached hydrogen (secondary N) is 2. The van der Waals surface area contributed by atoms with Gasteiger partial charge in [0, 0.05) is 23.9 Å². The van der Waals surface area contributed by atoms with Crippen LogP contribution in [0.2, 0.25) is 5.02 Å². The number of carbonyl (C=O) groups excluding carboxylic acids is 2. The highest BCUT2D eigenvalue weighted by atomic mass is 35.5. The summed E-state index contributed by atoms with van der Waals surface area (Å²) < 4.78 is 10.5. The van der Waals surface area contributed by atoms with Gasteiger partial charge in [0.25, 0.3) is 5.91 Å². The van der Waals surface area contributed by atoms with Crippen LogP contribution in [0.1, 0.15) is 22.8 Å². The number of benzene rings is 2. The number of hydrogen-bond acceptors (Lipinski definition) is 4. The van der Waals surface area contributed by atoms with Crippen LogP contribution in [-0.4, -0.2) is 18.6 Å². The lowest BCUT2D eigenvalue weighted by Gasteiger charge is -2.11. The molecule has 2 aromatic carbocycles. The van der Waals surface area contributed by atoms with Crippen molar-refractivity contribution in [3.8, 4) is 11.5 Å². The quantitative estimate of drug-likeness (QED) is 0.890. The van der Waals surface area contributed by atoms with E-state index in [1.54, 1.807) is 18.2 Å². The van der Waals surface area contributed by atoms with Crippen molar-refractivity contribution >= 4 is 34.8 Å². The van der Waals surface area contributed by atoms with E-state index in [1.807, 2.05) is 13.0 Å². The highest BCUT2D eigenvalue weighted by molar-refractivity contribution is 6.32. The molecule has 2 amide bonds. The Bertz CT molecular complexity index is 836. The number of fused-ring (bicyclic) bond motifs is 1. The average Bonchev–Trinajstić information content (AvgIpc) is 2.99. The van der Waals surface area contributed by atoms with Crippen LogP contribution in [-0.2, 0) is 4.79 Å². The Labute approximate surface area is 143 Å². The summed E-state index contributed by atoms with van der Waals surface area (Å²) in [6.45, 7) is 3.37. The number of ether oxygens (including phenoxy) is 2. The third-order valence-corrected chi connectivity index (χ3v) is 3.78. The highest BCUT2D eigenvalue weighted by Crippen LogP contribution is 2.40. The summed E-state index contributed by atoms with van der Waals surface area (Å²) >= 11 is 6.10. The van der Waals surface area contributed by atoms with Crippen molar-refractivity contribution < 1.29 is 19.1 Å². The van der Waals surface area contributed by atoms with Crippen LogP contribution in [0.3, 0.4) is 0 Å². The normalized spacial score (nSPS) is 12.0. The second kappa shape index (κ2) is 6.41. The van der Waals surface area contributed by atoms with Gasteiger partial charge in [0.2, 0.25) is 12.7 Å². The number of halogens is 1. The number of carbonyl (C=O) groups is 2. The van der Waals surface area contributed by atoms with Gasteiger partial charge in [-0.3, -0.25) is 9.59 Å². The topological polar surface area (TPSA) is 76.7 Å². The van der Waals surface area contributed by atoms with Crippen molar-refractivity contribution in [2.45, 2.75) is 13.8 Å². The monoisotopic (exact) mass is 346 g/mol. The molecule has 0 aromatic heterocycles. The second-order valence-corrected chi connectivity index (χ2v) is 5.76. The largest absolute Gasteiger partial charge is 0.454 e. The van der Waals surface area contributed by atoms with Gasteiger partial charge in [-0.15, -0.1) is 0 Å². The zero-order valence-electron chi connectivity index (χ0n) is 13.1. The predicted octanol–water partition coefficient (Wildman–Crippen LogP) is 3.59. The maximum Gasteiger partial charge on any atom is 0.255 e. The first-order chi connectivity index (χ1) is 11.4. The summed E-state index contributed by atoms with van der Waals surface area (Å²) in [5, 5.41) is 5.81. The first kappa shape index (κ1) is 16.1. The Morgan fingerprint density at radius 2 is 1.92 bits per heavy atom. The fourth-order valence-electron chi connectivity index (χ4n) is 2.33. The third kappa shape index (κ3) is 3.28. The number of rotatable bonds is 3. The molecule has 0 unspecified atom stereocenters. The Kier molecular flexibility index (Phi) is 4.31. The van der Waals surface area contributed by atoms with Crippen molar-refractivity contribution in [1.29, 1.82) is 0 Å². The van der Waals surface area contributed by atoms with Gasteiger partial charge < -0.3 is 20.1 Å². The molecule has 3 rings (SSSR count). The molecular formula is C17H15ClN2O4. The fourth-order valence-corrected chi connectivity index (χ4v) is 2.60. The Morgan fingerprint density at radius 1 is 1.12 bits per heavy atom. The van der Waals surface area contributed by atoms with E-state index < -0.39 is 0 Å². The van der Waals surface area contributed by atoms with Crippen LogP contribution in [0.25, 0.3) is 0 Å². The maximum absolute atomic E-state index is 12.5. The minimum atomic E-state index is -0.335. The van der Waals surface area contributed by atoms with E-state index in [0.717, 1.165) is 5.56 Å². The summed E-state index contributed by atoms with van der Waals surface area (Å²) in [6, 6.07) is 8.38. The number of hydrogen-bond donors (Lipinski definition) is 2. The molecule has 2 N–H and O–H groups in total. The smallest absolute Gasteiger partial charge is 0.255 e. The summed E-state index contributed by atoms with van der Waals surface area (Å²) in [5.74, 6) is 0.366. The minimum Gasteiger partial charge on any atom is -0.454 e. The maximum atomic E-state index is 12.5. The molecule has 1 aliphatic heterocycles. The molecule has 124 valence electrons. The SMILES string of the molecule is CC(=O)Nc1ccc(C)c(NC(=O)c2cc(Cl)c3c(c2)OCO3)c1. The summed E-state index contributed by atoms with van der Waals surface area (Å²) in [4.78, 5) is 23.7. The minimum absolute atomic E-state index is 0.0813. The van der Waals surface area contributed by atoms with E-state index in [1.165, 1.54) is 13.0 Å². The van der Waals surface area contributed by atoms with Crippen LogP contribution in [0.15, 0.2) is 30.3 Å². The van der Waals surface area contributed by atoms with Crippen molar-refractivity contribution in [3.05, 3.63) is 46.5 Å². The molecule has 0 radical (unpaired) electrons. The van der Waals surface area contributed by atoms with Crippen LogP contribution in [0.4, 0.5) is 11.4 Å². The number of amides is 2. The molecule has 0 aliphatic carbocycles.